The van der Waals surface area contributed by atoms with Crippen molar-refractivity contribution in [1.82, 2.24) is 10.6 Å². The molecule has 1 atom stereocenters. The molecule has 1 fully saturated rings. The third-order valence-electron chi connectivity index (χ3n) is 2.79. The summed E-state index contributed by atoms with van der Waals surface area (Å²) in [5.41, 5.74) is 0.765. The van der Waals surface area contributed by atoms with Gasteiger partial charge < -0.3 is 10.6 Å². The van der Waals surface area contributed by atoms with Crippen molar-refractivity contribution in [1.29, 1.82) is 0 Å². The Hall–Kier alpha value is -0.330. The number of nitrogens with one attached hydrogen (secondary N) is 2. The Balaban J connectivity index is 0.00000144. The van der Waals surface area contributed by atoms with E-state index in [-0.39, 0.29) is 18.3 Å². The van der Waals surface area contributed by atoms with Gasteiger partial charge in [0, 0.05) is 16.2 Å². The second kappa shape index (κ2) is 7.18. The van der Waals surface area contributed by atoms with Gasteiger partial charge in [0.15, 0.2) is 0 Å². The predicted octanol–water partition coefficient (Wildman–Crippen LogP) is 2.19. The van der Waals surface area contributed by atoms with Crippen molar-refractivity contribution in [2.24, 2.45) is 0 Å². The van der Waals surface area contributed by atoms with Crippen LogP contribution in [-0.2, 0) is 0 Å². The molecule has 2 rings (SSSR count). The number of amides is 1. The second-order valence-electron chi connectivity index (χ2n) is 3.98. The lowest BCUT2D eigenvalue weighted by Crippen LogP contribution is -2.37. The number of halogens is 2. The Morgan fingerprint density at radius 1 is 1.47 bits per heavy atom. The summed E-state index contributed by atoms with van der Waals surface area (Å²) in [6, 6.07) is 8.09. The first kappa shape index (κ1) is 14.7. The molecule has 17 heavy (non-hydrogen) atoms. The van der Waals surface area contributed by atoms with Gasteiger partial charge in [-0.25, -0.2) is 0 Å². The smallest absolute Gasteiger partial charge is 0.252 e. The quantitative estimate of drug-likeness (QED) is 0.805. The van der Waals surface area contributed by atoms with Crippen molar-refractivity contribution in [2.75, 3.05) is 13.1 Å². The molecule has 0 saturated carbocycles. The molecule has 0 aliphatic carbocycles. The summed E-state index contributed by atoms with van der Waals surface area (Å²) in [5, 5.41) is 6.34. The number of rotatable bonds is 3. The normalized spacial score (nSPS) is 18.5. The molecule has 0 bridgehead atoms. The number of hydrogen-bond acceptors (Lipinski definition) is 2. The summed E-state index contributed by atoms with van der Waals surface area (Å²) in [4.78, 5) is 11.9. The average molecular weight is 367 g/mol. The maximum atomic E-state index is 11.9. The molecule has 1 heterocycles. The van der Waals surface area contributed by atoms with E-state index in [9.17, 15) is 4.79 Å². The van der Waals surface area contributed by atoms with E-state index in [0.29, 0.717) is 6.04 Å². The van der Waals surface area contributed by atoms with E-state index in [1.807, 2.05) is 24.3 Å². The van der Waals surface area contributed by atoms with E-state index in [2.05, 4.69) is 33.2 Å². The molecule has 94 valence electrons. The Morgan fingerprint density at radius 2 is 2.24 bits per heavy atom. The van der Waals surface area contributed by atoms with Gasteiger partial charge in [-0.2, -0.15) is 0 Å². The number of carbonyl (C=O) groups excluding carboxylic acids is 1. The Bertz CT molecular complexity index is 381. The van der Waals surface area contributed by atoms with Gasteiger partial charge in [-0.3, -0.25) is 4.79 Å². The lowest BCUT2D eigenvalue weighted by molar-refractivity contribution is 0.0949. The standard InChI is InChI=1S/C12H15IN2O.ClH/c13-11-6-2-1-5-10(11)12(16)15-8-9-4-3-7-14-9;/h1-2,5-6,9,14H,3-4,7-8H2,(H,15,16);1H. The summed E-state index contributed by atoms with van der Waals surface area (Å²) in [6.07, 6.45) is 2.37. The van der Waals surface area contributed by atoms with Gasteiger partial charge in [0.2, 0.25) is 0 Å². The third kappa shape index (κ3) is 4.12. The molecule has 1 unspecified atom stereocenters. The second-order valence-corrected chi connectivity index (χ2v) is 5.15. The Kier molecular flexibility index (Phi) is 6.22. The fourth-order valence-corrected chi connectivity index (χ4v) is 2.52. The van der Waals surface area contributed by atoms with Crippen molar-refractivity contribution in [3.8, 4) is 0 Å². The molecule has 1 amide bonds. The lowest BCUT2D eigenvalue weighted by Gasteiger charge is -2.12. The SMILES string of the molecule is Cl.O=C(NCC1CCCN1)c1ccccc1I. The van der Waals surface area contributed by atoms with Crippen molar-refractivity contribution in [2.45, 2.75) is 18.9 Å². The van der Waals surface area contributed by atoms with Crippen LogP contribution in [0.15, 0.2) is 24.3 Å². The molecular formula is C12H16ClIN2O. The number of carbonyl (C=O) groups is 1. The van der Waals surface area contributed by atoms with Crippen LogP contribution in [0.3, 0.4) is 0 Å². The fourth-order valence-electron chi connectivity index (χ4n) is 1.89. The molecule has 0 aromatic heterocycles. The lowest BCUT2D eigenvalue weighted by atomic mass is 10.2. The van der Waals surface area contributed by atoms with Crippen LogP contribution in [0, 0.1) is 3.57 Å². The highest BCUT2D eigenvalue weighted by Crippen LogP contribution is 2.11. The first-order valence-electron chi connectivity index (χ1n) is 5.53. The molecule has 1 aromatic carbocycles. The monoisotopic (exact) mass is 366 g/mol. The van der Waals surface area contributed by atoms with Crippen molar-refractivity contribution >= 4 is 40.9 Å². The van der Waals surface area contributed by atoms with E-state index < -0.39 is 0 Å². The molecule has 0 radical (unpaired) electrons. The Labute approximate surface area is 121 Å². The minimum Gasteiger partial charge on any atom is -0.350 e. The minimum atomic E-state index is 0. The van der Waals surface area contributed by atoms with Crippen molar-refractivity contribution in [3.63, 3.8) is 0 Å². The molecule has 1 aliphatic heterocycles. The van der Waals surface area contributed by atoms with E-state index in [0.717, 1.165) is 28.6 Å². The number of benzene rings is 1. The van der Waals surface area contributed by atoms with Gasteiger partial charge in [0.1, 0.15) is 0 Å². The summed E-state index contributed by atoms with van der Waals surface area (Å²) < 4.78 is 0.997. The van der Waals surface area contributed by atoms with E-state index in [1.54, 1.807) is 0 Å². The fraction of sp³-hybridized carbons (Fsp3) is 0.417. The predicted molar refractivity (Wildman–Crippen MR) is 79.8 cm³/mol. The van der Waals surface area contributed by atoms with Crippen LogP contribution < -0.4 is 10.6 Å². The molecule has 1 saturated heterocycles. The molecule has 5 heteroatoms. The molecule has 2 N–H and O–H groups in total. The highest BCUT2D eigenvalue weighted by atomic mass is 127. The first-order valence-corrected chi connectivity index (χ1v) is 6.61. The number of hydrogen-bond donors (Lipinski definition) is 2. The van der Waals surface area contributed by atoms with Crippen LogP contribution >= 0.6 is 35.0 Å². The van der Waals surface area contributed by atoms with Crippen LogP contribution in [0.4, 0.5) is 0 Å². The van der Waals surface area contributed by atoms with E-state index in [1.165, 1.54) is 6.42 Å². The highest BCUT2D eigenvalue weighted by Gasteiger charge is 2.15. The topological polar surface area (TPSA) is 41.1 Å². The van der Waals surface area contributed by atoms with Gasteiger partial charge in [0.25, 0.3) is 5.91 Å². The molecule has 3 nitrogen and oxygen atoms in total. The summed E-state index contributed by atoms with van der Waals surface area (Å²) in [6.45, 7) is 1.80. The van der Waals surface area contributed by atoms with Crippen LogP contribution in [0.1, 0.15) is 23.2 Å². The molecule has 1 aliphatic rings. The molecular weight excluding hydrogens is 351 g/mol. The summed E-state index contributed by atoms with van der Waals surface area (Å²) in [5.74, 6) is 0.0266. The maximum Gasteiger partial charge on any atom is 0.252 e. The van der Waals surface area contributed by atoms with Crippen LogP contribution in [0.5, 0.6) is 0 Å². The van der Waals surface area contributed by atoms with Crippen molar-refractivity contribution in [3.05, 3.63) is 33.4 Å². The third-order valence-corrected chi connectivity index (χ3v) is 3.73. The van der Waals surface area contributed by atoms with E-state index >= 15 is 0 Å². The zero-order valence-corrected chi connectivity index (χ0v) is 12.4. The zero-order chi connectivity index (χ0) is 11.4. The minimum absolute atomic E-state index is 0. The van der Waals surface area contributed by atoms with Gasteiger partial charge in [-0.1, -0.05) is 12.1 Å². The molecule has 1 aromatic rings. The van der Waals surface area contributed by atoms with Gasteiger partial charge in [-0.05, 0) is 54.1 Å². The molecule has 0 spiro atoms. The van der Waals surface area contributed by atoms with Gasteiger partial charge >= 0.3 is 0 Å². The zero-order valence-electron chi connectivity index (χ0n) is 9.41. The summed E-state index contributed by atoms with van der Waals surface area (Å²) in [7, 11) is 0. The summed E-state index contributed by atoms with van der Waals surface area (Å²) >= 11 is 2.19. The highest BCUT2D eigenvalue weighted by molar-refractivity contribution is 14.1. The van der Waals surface area contributed by atoms with Gasteiger partial charge in [-0.15, -0.1) is 12.4 Å². The van der Waals surface area contributed by atoms with Crippen molar-refractivity contribution < 1.29 is 4.79 Å². The van der Waals surface area contributed by atoms with Gasteiger partial charge in [0.05, 0.1) is 5.56 Å². The largest absolute Gasteiger partial charge is 0.350 e. The van der Waals surface area contributed by atoms with Crippen LogP contribution in [0.25, 0.3) is 0 Å². The van der Waals surface area contributed by atoms with Crippen LogP contribution in [0.2, 0.25) is 0 Å². The van der Waals surface area contributed by atoms with Crippen LogP contribution in [-0.4, -0.2) is 25.0 Å². The Morgan fingerprint density at radius 3 is 2.88 bits per heavy atom. The maximum absolute atomic E-state index is 11.9. The first-order chi connectivity index (χ1) is 7.77. The average Bonchev–Trinajstić information content (AvgIpc) is 2.79. The van der Waals surface area contributed by atoms with E-state index in [4.69, 9.17) is 0 Å².